The number of hydrogen-bond acceptors (Lipinski definition) is 5. The van der Waals surface area contributed by atoms with E-state index in [9.17, 15) is 9.59 Å². The summed E-state index contributed by atoms with van der Waals surface area (Å²) in [7, 11) is 0. The molecule has 1 fully saturated rings. The van der Waals surface area contributed by atoms with Gasteiger partial charge in [0, 0.05) is 19.3 Å². The standard InChI is InChI=1S/C18H22N6O2/c25-17(21-11-14-3-1-2-5-20-14)16-9-15-12-23(7-8-24(15)22-16)18(26)13-4-6-19-10-13/h1-3,5,9,13,19H,4,6-8,10-12H2,(H,21,25)/t13-/m1/s1. The molecule has 2 N–H and O–H groups in total. The number of carbonyl (C=O) groups is 2. The van der Waals surface area contributed by atoms with E-state index in [2.05, 4.69) is 20.7 Å². The maximum Gasteiger partial charge on any atom is 0.272 e. The number of fused-ring (bicyclic) bond motifs is 1. The van der Waals surface area contributed by atoms with E-state index in [0.29, 0.717) is 31.9 Å². The van der Waals surface area contributed by atoms with Crippen molar-refractivity contribution in [1.82, 2.24) is 30.3 Å². The second kappa shape index (κ2) is 7.25. The monoisotopic (exact) mass is 354 g/mol. The van der Waals surface area contributed by atoms with Gasteiger partial charge in [0.15, 0.2) is 5.69 Å². The molecule has 2 aromatic rings. The van der Waals surface area contributed by atoms with E-state index >= 15 is 0 Å². The zero-order valence-corrected chi connectivity index (χ0v) is 14.5. The molecule has 0 bridgehead atoms. The van der Waals surface area contributed by atoms with E-state index in [1.54, 1.807) is 12.3 Å². The highest BCUT2D eigenvalue weighted by atomic mass is 16.2. The van der Waals surface area contributed by atoms with Crippen LogP contribution in [0, 0.1) is 5.92 Å². The normalized spacial score (nSPS) is 19.2. The van der Waals surface area contributed by atoms with E-state index in [0.717, 1.165) is 30.9 Å². The Kier molecular flexibility index (Phi) is 4.66. The molecular formula is C18H22N6O2. The maximum absolute atomic E-state index is 12.6. The molecule has 0 unspecified atom stereocenters. The third-order valence-corrected chi connectivity index (χ3v) is 4.91. The van der Waals surface area contributed by atoms with Crippen LogP contribution in [-0.2, 0) is 24.4 Å². The van der Waals surface area contributed by atoms with Crippen molar-refractivity contribution >= 4 is 11.8 Å². The highest BCUT2D eigenvalue weighted by Gasteiger charge is 2.30. The van der Waals surface area contributed by atoms with Crippen molar-refractivity contribution in [1.29, 1.82) is 0 Å². The van der Waals surface area contributed by atoms with Crippen LogP contribution in [-0.4, -0.2) is 51.1 Å². The van der Waals surface area contributed by atoms with Crippen LogP contribution in [0.5, 0.6) is 0 Å². The Bertz CT molecular complexity index is 797. The molecule has 136 valence electrons. The molecule has 8 nitrogen and oxygen atoms in total. The second-order valence-corrected chi connectivity index (χ2v) is 6.70. The Morgan fingerprint density at radius 3 is 3.00 bits per heavy atom. The van der Waals surface area contributed by atoms with Gasteiger partial charge in [-0.2, -0.15) is 5.10 Å². The fourth-order valence-electron chi connectivity index (χ4n) is 3.45. The Morgan fingerprint density at radius 2 is 2.23 bits per heavy atom. The molecule has 8 heteroatoms. The van der Waals surface area contributed by atoms with Gasteiger partial charge in [-0.15, -0.1) is 0 Å². The second-order valence-electron chi connectivity index (χ2n) is 6.70. The number of hydrogen-bond donors (Lipinski definition) is 2. The molecule has 2 aliphatic rings. The molecule has 4 heterocycles. The van der Waals surface area contributed by atoms with Gasteiger partial charge in [-0.3, -0.25) is 19.3 Å². The van der Waals surface area contributed by atoms with Crippen LogP contribution in [0.15, 0.2) is 30.5 Å². The van der Waals surface area contributed by atoms with Gasteiger partial charge < -0.3 is 15.5 Å². The van der Waals surface area contributed by atoms with E-state index in [-0.39, 0.29) is 17.7 Å². The van der Waals surface area contributed by atoms with Gasteiger partial charge in [-0.1, -0.05) is 6.07 Å². The van der Waals surface area contributed by atoms with Crippen LogP contribution >= 0.6 is 0 Å². The molecule has 0 spiro atoms. The Hall–Kier alpha value is -2.74. The maximum atomic E-state index is 12.6. The molecule has 26 heavy (non-hydrogen) atoms. The predicted octanol–water partition coefficient (Wildman–Crippen LogP) is 0.160. The van der Waals surface area contributed by atoms with Crippen molar-refractivity contribution in [3.63, 3.8) is 0 Å². The lowest BCUT2D eigenvalue weighted by Gasteiger charge is -2.29. The first-order chi connectivity index (χ1) is 12.7. The van der Waals surface area contributed by atoms with Crippen molar-refractivity contribution in [3.05, 3.63) is 47.5 Å². The average molecular weight is 354 g/mol. The molecule has 0 radical (unpaired) electrons. The summed E-state index contributed by atoms with van der Waals surface area (Å²) in [6, 6.07) is 7.36. The van der Waals surface area contributed by atoms with Crippen LogP contribution < -0.4 is 10.6 Å². The van der Waals surface area contributed by atoms with Crippen molar-refractivity contribution < 1.29 is 9.59 Å². The first-order valence-corrected chi connectivity index (χ1v) is 8.95. The molecule has 0 saturated carbocycles. The lowest BCUT2D eigenvalue weighted by atomic mass is 10.1. The van der Waals surface area contributed by atoms with Gasteiger partial charge in [0.05, 0.1) is 36.9 Å². The molecule has 2 aliphatic heterocycles. The average Bonchev–Trinajstić information content (AvgIpc) is 3.35. The first-order valence-electron chi connectivity index (χ1n) is 8.95. The molecule has 2 amide bonds. The van der Waals surface area contributed by atoms with Crippen LogP contribution in [0.3, 0.4) is 0 Å². The van der Waals surface area contributed by atoms with Gasteiger partial charge in [0.1, 0.15) is 0 Å². The number of pyridine rings is 1. The molecule has 4 rings (SSSR count). The van der Waals surface area contributed by atoms with Crippen LogP contribution in [0.2, 0.25) is 0 Å². The highest BCUT2D eigenvalue weighted by molar-refractivity contribution is 5.92. The Labute approximate surface area is 151 Å². The summed E-state index contributed by atoms with van der Waals surface area (Å²) in [6.07, 6.45) is 2.60. The minimum Gasteiger partial charge on any atom is -0.345 e. The van der Waals surface area contributed by atoms with Crippen molar-refractivity contribution in [2.24, 2.45) is 5.92 Å². The van der Waals surface area contributed by atoms with Crippen LogP contribution in [0.4, 0.5) is 0 Å². The van der Waals surface area contributed by atoms with Crippen molar-refractivity contribution in [2.75, 3.05) is 19.6 Å². The van der Waals surface area contributed by atoms with Crippen molar-refractivity contribution in [3.8, 4) is 0 Å². The fraction of sp³-hybridized carbons (Fsp3) is 0.444. The van der Waals surface area contributed by atoms with E-state index in [1.165, 1.54) is 0 Å². The number of nitrogens with zero attached hydrogens (tertiary/aromatic N) is 4. The smallest absolute Gasteiger partial charge is 0.272 e. The number of amides is 2. The molecule has 2 aromatic heterocycles. The summed E-state index contributed by atoms with van der Waals surface area (Å²) in [5.41, 5.74) is 2.08. The molecule has 1 atom stereocenters. The number of rotatable bonds is 4. The SMILES string of the molecule is O=C(NCc1ccccn1)c1cc2n(n1)CCN(C(=O)[C@@H]1CCNC1)C2. The largest absolute Gasteiger partial charge is 0.345 e. The third kappa shape index (κ3) is 3.45. The number of nitrogens with one attached hydrogen (secondary N) is 2. The first kappa shape index (κ1) is 16.7. The molecule has 0 aliphatic carbocycles. The van der Waals surface area contributed by atoms with E-state index in [4.69, 9.17) is 0 Å². The van der Waals surface area contributed by atoms with Crippen LogP contribution in [0.25, 0.3) is 0 Å². The highest BCUT2D eigenvalue weighted by Crippen LogP contribution is 2.18. The summed E-state index contributed by atoms with van der Waals surface area (Å²) in [5, 5.41) is 10.5. The number of aromatic nitrogens is 3. The summed E-state index contributed by atoms with van der Waals surface area (Å²) >= 11 is 0. The minimum atomic E-state index is -0.226. The van der Waals surface area contributed by atoms with Gasteiger partial charge in [0.25, 0.3) is 5.91 Å². The lowest BCUT2D eigenvalue weighted by molar-refractivity contribution is -0.136. The Balaban J connectivity index is 1.39. The summed E-state index contributed by atoms with van der Waals surface area (Å²) < 4.78 is 1.83. The molecular weight excluding hydrogens is 332 g/mol. The lowest BCUT2D eigenvalue weighted by Crippen LogP contribution is -2.42. The van der Waals surface area contributed by atoms with Gasteiger partial charge in [0.2, 0.25) is 5.91 Å². The zero-order chi connectivity index (χ0) is 17.9. The fourth-order valence-corrected chi connectivity index (χ4v) is 3.45. The topological polar surface area (TPSA) is 92.2 Å². The zero-order valence-electron chi connectivity index (χ0n) is 14.5. The quantitative estimate of drug-likeness (QED) is 0.816. The summed E-state index contributed by atoms with van der Waals surface area (Å²) in [4.78, 5) is 31.0. The van der Waals surface area contributed by atoms with Gasteiger partial charge in [-0.05, 0) is 31.2 Å². The predicted molar refractivity (Wildman–Crippen MR) is 94.0 cm³/mol. The van der Waals surface area contributed by atoms with Gasteiger partial charge >= 0.3 is 0 Å². The van der Waals surface area contributed by atoms with Crippen molar-refractivity contribution in [2.45, 2.75) is 26.1 Å². The Morgan fingerprint density at radius 1 is 1.31 bits per heavy atom. The summed E-state index contributed by atoms with van der Waals surface area (Å²) in [6.45, 7) is 3.79. The molecule has 1 saturated heterocycles. The minimum absolute atomic E-state index is 0.0746. The van der Waals surface area contributed by atoms with E-state index in [1.807, 2.05) is 27.8 Å². The van der Waals surface area contributed by atoms with E-state index < -0.39 is 0 Å². The number of carbonyl (C=O) groups excluding carboxylic acids is 2. The van der Waals surface area contributed by atoms with Crippen LogP contribution in [0.1, 0.15) is 28.3 Å². The van der Waals surface area contributed by atoms with Gasteiger partial charge in [-0.25, -0.2) is 0 Å². The summed E-state index contributed by atoms with van der Waals surface area (Å²) in [5.74, 6) is 0.0460. The molecule has 0 aromatic carbocycles. The third-order valence-electron chi connectivity index (χ3n) is 4.91.